The minimum atomic E-state index is -0.122. The summed E-state index contributed by atoms with van der Waals surface area (Å²) >= 11 is 1.93. The van der Waals surface area contributed by atoms with E-state index in [1.165, 1.54) is 40.3 Å². The van der Waals surface area contributed by atoms with E-state index in [0.29, 0.717) is 6.54 Å². The molecule has 1 amide bonds. The van der Waals surface area contributed by atoms with Crippen LogP contribution in [-0.2, 0) is 19.4 Å². The van der Waals surface area contributed by atoms with Crippen LogP contribution in [-0.4, -0.2) is 15.4 Å². The summed E-state index contributed by atoms with van der Waals surface area (Å²) in [5.41, 5.74) is 5.89. The molecule has 154 valence electrons. The van der Waals surface area contributed by atoms with E-state index in [2.05, 4.69) is 52.1 Å². The van der Waals surface area contributed by atoms with E-state index in [9.17, 15) is 4.79 Å². The van der Waals surface area contributed by atoms with Crippen molar-refractivity contribution >= 4 is 17.2 Å². The van der Waals surface area contributed by atoms with Gasteiger partial charge in [-0.05, 0) is 61.1 Å². The first-order chi connectivity index (χ1) is 15.3. The van der Waals surface area contributed by atoms with Crippen molar-refractivity contribution in [1.29, 1.82) is 0 Å². The van der Waals surface area contributed by atoms with Gasteiger partial charge in [-0.1, -0.05) is 48.5 Å². The van der Waals surface area contributed by atoms with Crippen molar-refractivity contribution in [2.75, 3.05) is 0 Å². The van der Waals surface area contributed by atoms with Gasteiger partial charge < -0.3 is 9.47 Å². The molecule has 0 bridgehead atoms. The van der Waals surface area contributed by atoms with Crippen LogP contribution in [0.2, 0.25) is 0 Å². The Labute approximate surface area is 186 Å². The maximum Gasteiger partial charge on any atom is 0.254 e. The third-order valence-electron chi connectivity index (χ3n) is 6.58. The number of carbonyl (C=O) groups is 1. The van der Waals surface area contributed by atoms with Crippen molar-refractivity contribution in [3.8, 4) is 5.00 Å². The minimum Gasteiger partial charge on any atom is -0.322 e. The Balaban J connectivity index is 1.58. The van der Waals surface area contributed by atoms with Crippen molar-refractivity contribution in [3.63, 3.8) is 0 Å². The molecule has 0 N–H and O–H groups in total. The lowest BCUT2D eigenvalue weighted by Crippen LogP contribution is -2.35. The molecule has 0 spiro atoms. The number of aromatic nitrogens is 1. The van der Waals surface area contributed by atoms with Crippen molar-refractivity contribution in [2.45, 2.75) is 38.3 Å². The van der Waals surface area contributed by atoms with Gasteiger partial charge in [-0.3, -0.25) is 4.79 Å². The quantitative estimate of drug-likeness (QED) is 0.378. The average Bonchev–Trinajstić information content (AvgIpc) is 3.42. The second-order valence-electron chi connectivity index (χ2n) is 8.41. The normalized spacial score (nSPS) is 17.4. The molecule has 3 nitrogen and oxygen atoms in total. The summed E-state index contributed by atoms with van der Waals surface area (Å²) in [6.07, 6.45) is 6.97. The standard InChI is InChI=1S/C27H24N2OS/c30-26(20-12-5-2-6-13-20)29-18-22-21-14-7-8-16-24(21)31-27(22)28-17-9-15-23(28)25(29)19-10-3-1-4-11-19/h1-6,9-13,15,17,25H,7-8,14,16,18H2/t25-/m0/s1. The highest BCUT2D eigenvalue weighted by Gasteiger charge is 2.36. The van der Waals surface area contributed by atoms with Crippen molar-refractivity contribution < 1.29 is 4.79 Å². The lowest BCUT2D eigenvalue weighted by Gasteiger charge is -2.31. The first kappa shape index (κ1) is 18.6. The van der Waals surface area contributed by atoms with E-state index in [-0.39, 0.29) is 11.9 Å². The highest BCUT2D eigenvalue weighted by atomic mass is 32.1. The Morgan fingerprint density at radius 2 is 1.58 bits per heavy atom. The first-order valence-electron chi connectivity index (χ1n) is 11.0. The third kappa shape index (κ3) is 3.05. The van der Waals surface area contributed by atoms with Gasteiger partial charge in [0.1, 0.15) is 5.00 Å². The Morgan fingerprint density at radius 3 is 2.39 bits per heavy atom. The van der Waals surface area contributed by atoms with Crippen LogP contribution in [0, 0.1) is 0 Å². The van der Waals surface area contributed by atoms with Crippen molar-refractivity contribution in [3.05, 3.63) is 112 Å². The lowest BCUT2D eigenvalue weighted by atomic mass is 9.94. The van der Waals surface area contributed by atoms with Gasteiger partial charge in [-0.2, -0.15) is 0 Å². The number of aryl methyl sites for hydroxylation is 1. The number of fused-ring (bicyclic) bond motifs is 5. The third-order valence-corrected chi connectivity index (χ3v) is 7.91. The van der Waals surface area contributed by atoms with Crippen LogP contribution in [0.25, 0.3) is 5.00 Å². The summed E-state index contributed by atoms with van der Waals surface area (Å²) in [7, 11) is 0. The van der Waals surface area contributed by atoms with Gasteiger partial charge in [-0.15, -0.1) is 11.3 Å². The van der Waals surface area contributed by atoms with Crippen molar-refractivity contribution in [1.82, 2.24) is 9.47 Å². The summed E-state index contributed by atoms with van der Waals surface area (Å²) < 4.78 is 2.34. The molecule has 0 saturated heterocycles. The van der Waals surface area contributed by atoms with Gasteiger partial charge in [0.2, 0.25) is 0 Å². The van der Waals surface area contributed by atoms with E-state index < -0.39 is 0 Å². The van der Waals surface area contributed by atoms with E-state index in [4.69, 9.17) is 0 Å². The van der Waals surface area contributed by atoms with E-state index >= 15 is 0 Å². The summed E-state index contributed by atoms with van der Waals surface area (Å²) in [4.78, 5) is 17.5. The maximum atomic E-state index is 13.9. The topological polar surface area (TPSA) is 25.2 Å². The molecule has 0 radical (unpaired) electrons. The smallest absolute Gasteiger partial charge is 0.254 e. The predicted octanol–water partition coefficient (Wildman–Crippen LogP) is 6.16. The number of hydrogen-bond acceptors (Lipinski definition) is 2. The SMILES string of the molecule is O=C(c1ccccc1)N1Cc2c(sc3c2CCCC3)-n2cccc2[C@@H]1c1ccccc1. The highest BCUT2D eigenvalue weighted by molar-refractivity contribution is 7.15. The fourth-order valence-electron chi connectivity index (χ4n) is 5.12. The van der Waals surface area contributed by atoms with Crippen LogP contribution in [0.3, 0.4) is 0 Å². The fourth-order valence-corrected chi connectivity index (χ4v) is 6.52. The predicted molar refractivity (Wildman–Crippen MR) is 125 cm³/mol. The largest absolute Gasteiger partial charge is 0.322 e. The molecule has 4 heteroatoms. The summed E-state index contributed by atoms with van der Waals surface area (Å²) in [6, 6.07) is 24.3. The first-order valence-corrected chi connectivity index (χ1v) is 11.8. The van der Waals surface area contributed by atoms with Gasteiger partial charge in [0.25, 0.3) is 5.91 Å². The molecule has 4 aromatic rings. The van der Waals surface area contributed by atoms with Gasteiger partial charge in [0.05, 0.1) is 18.3 Å². The highest BCUT2D eigenvalue weighted by Crippen LogP contribution is 2.44. The Morgan fingerprint density at radius 1 is 0.839 bits per heavy atom. The number of rotatable bonds is 2. The molecule has 0 saturated carbocycles. The van der Waals surface area contributed by atoms with Crippen molar-refractivity contribution in [2.24, 2.45) is 0 Å². The minimum absolute atomic E-state index is 0.0887. The summed E-state index contributed by atoms with van der Waals surface area (Å²) in [6.45, 7) is 0.649. The van der Waals surface area contributed by atoms with Crippen LogP contribution in [0.4, 0.5) is 0 Å². The zero-order valence-electron chi connectivity index (χ0n) is 17.3. The van der Waals surface area contributed by atoms with Crippen LogP contribution in [0.1, 0.15) is 56.5 Å². The van der Waals surface area contributed by atoms with Crippen LogP contribution in [0.5, 0.6) is 0 Å². The summed E-state index contributed by atoms with van der Waals surface area (Å²) in [5.74, 6) is 0.0887. The Bertz CT molecular complexity index is 1240. The number of benzene rings is 2. The lowest BCUT2D eigenvalue weighted by molar-refractivity contribution is 0.0690. The van der Waals surface area contributed by atoms with E-state index in [1.54, 1.807) is 0 Å². The molecule has 1 aliphatic heterocycles. The number of carbonyl (C=O) groups excluding carboxylic acids is 1. The molecular formula is C27H24N2OS. The zero-order chi connectivity index (χ0) is 20.8. The molecule has 0 fully saturated rings. The van der Waals surface area contributed by atoms with Gasteiger partial charge in [0.15, 0.2) is 0 Å². The molecule has 31 heavy (non-hydrogen) atoms. The molecule has 2 aromatic heterocycles. The molecule has 3 heterocycles. The van der Waals surface area contributed by atoms with E-state index in [0.717, 1.165) is 23.2 Å². The van der Waals surface area contributed by atoms with Crippen LogP contribution in [0.15, 0.2) is 79.0 Å². The number of amides is 1. The molecule has 0 unspecified atom stereocenters. The molecular weight excluding hydrogens is 400 g/mol. The van der Waals surface area contributed by atoms with E-state index in [1.807, 2.05) is 47.7 Å². The summed E-state index contributed by atoms with van der Waals surface area (Å²) in [5, 5.41) is 1.30. The van der Waals surface area contributed by atoms with Crippen LogP contribution >= 0.6 is 11.3 Å². The van der Waals surface area contributed by atoms with Gasteiger partial charge >= 0.3 is 0 Å². The fraction of sp³-hybridized carbons (Fsp3) is 0.222. The molecule has 2 aliphatic rings. The second-order valence-corrected chi connectivity index (χ2v) is 9.49. The molecule has 1 atom stereocenters. The number of nitrogens with zero attached hydrogens (tertiary/aromatic N) is 2. The van der Waals surface area contributed by atoms with Gasteiger partial charge in [-0.25, -0.2) is 0 Å². The number of thiophene rings is 1. The molecule has 2 aromatic carbocycles. The second kappa shape index (κ2) is 7.54. The zero-order valence-corrected chi connectivity index (χ0v) is 18.1. The van der Waals surface area contributed by atoms with Gasteiger partial charge in [0, 0.05) is 22.2 Å². The average molecular weight is 425 g/mol. The maximum absolute atomic E-state index is 13.9. The Kier molecular flexibility index (Phi) is 4.53. The molecule has 1 aliphatic carbocycles. The number of hydrogen-bond donors (Lipinski definition) is 0. The molecule has 6 rings (SSSR count). The monoisotopic (exact) mass is 424 g/mol. The Hall–Kier alpha value is -3.11. The van der Waals surface area contributed by atoms with Crippen LogP contribution < -0.4 is 0 Å².